The zero-order valence-corrected chi connectivity index (χ0v) is 13.2. The van der Waals surface area contributed by atoms with Crippen molar-refractivity contribution in [3.05, 3.63) is 18.0 Å². The SMILES string of the molecule is CNC(=O)COC1COC2(CCN(Cc3cnn(C)c3)C2)C1. The Labute approximate surface area is 130 Å². The lowest BCUT2D eigenvalue weighted by atomic mass is 9.98. The molecule has 1 amide bonds. The van der Waals surface area contributed by atoms with Gasteiger partial charge in [-0.2, -0.15) is 5.10 Å². The first-order valence-electron chi connectivity index (χ1n) is 7.75. The van der Waals surface area contributed by atoms with Gasteiger partial charge in [0, 0.05) is 51.9 Å². The molecule has 2 aliphatic rings. The number of hydrogen-bond acceptors (Lipinski definition) is 5. The van der Waals surface area contributed by atoms with Crippen LogP contribution in [0, 0.1) is 0 Å². The monoisotopic (exact) mass is 308 g/mol. The molecule has 1 spiro atoms. The molecule has 0 bridgehead atoms. The van der Waals surface area contributed by atoms with Crippen molar-refractivity contribution in [2.75, 3.05) is 33.4 Å². The number of nitrogens with zero attached hydrogens (tertiary/aromatic N) is 3. The molecule has 3 heterocycles. The molecule has 0 saturated carbocycles. The number of amides is 1. The summed E-state index contributed by atoms with van der Waals surface area (Å²) in [6.07, 6.45) is 5.88. The third-order valence-corrected chi connectivity index (χ3v) is 4.46. The molecule has 22 heavy (non-hydrogen) atoms. The third kappa shape index (κ3) is 3.48. The lowest BCUT2D eigenvalue weighted by Crippen LogP contribution is -2.33. The van der Waals surface area contributed by atoms with Crippen LogP contribution in [0.5, 0.6) is 0 Å². The molecular weight excluding hydrogens is 284 g/mol. The molecule has 0 aromatic carbocycles. The first kappa shape index (κ1) is 15.5. The Kier molecular flexibility index (Phi) is 4.46. The van der Waals surface area contributed by atoms with E-state index in [4.69, 9.17) is 9.47 Å². The van der Waals surface area contributed by atoms with Gasteiger partial charge in [-0.15, -0.1) is 0 Å². The Morgan fingerprint density at radius 1 is 1.64 bits per heavy atom. The van der Waals surface area contributed by atoms with Gasteiger partial charge in [-0.25, -0.2) is 0 Å². The number of nitrogens with one attached hydrogen (secondary N) is 1. The number of ether oxygens (including phenoxy) is 2. The van der Waals surface area contributed by atoms with Crippen LogP contribution in [0.4, 0.5) is 0 Å². The van der Waals surface area contributed by atoms with Crippen LogP contribution in [0.1, 0.15) is 18.4 Å². The van der Waals surface area contributed by atoms with Crippen molar-refractivity contribution in [2.24, 2.45) is 7.05 Å². The second kappa shape index (κ2) is 6.36. The van der Waals surface area contributed by atoms with Gasteiger partial charge in [-0.05, 0) is 6.42 Å². The molecule has 1 aromatic rings. The van der Waals surface area contributed by atoms with Crippen LogP contribution >= 0.6 is 0 Å². The predicted octanol–water partition coefficient (Wildman–Crippen LogP) is -0.0839. The van der Waals surface area contributed by atoms with Gasteiger partial charge < -0.3 is 14.8 Å². The van der Waals surface area contributed by atoms with Crippen molar-refractivity contribution >= 4 is 5.91 Å². The van der Waals surface area contributed by atoms with Crippen molar-refractivity contribution < 1.29 is 14.3 Å². The van der Waals surface area contributed by atoms with Gasteiger partial charge >= 0.3 is 0 Å². The molecule has 122 valence electrons. The van der Waals surface area contributed by atoms with Crippen molar-refractivity contribution in [1.29, 1.82) is 0 Å². The van der Waals surface area contributed by atoms with Gasteiger partial charge in [0.2, 0.25) is 5.91 Å². The molecule has 2 aliphatic heterocycles. The van der Waals surface area contributed by atoms with Gasteiger partial charge in [0.1, 0.15) is 6.61 Å². The van der Waals surface area contributed by atoms with E-state index < -0.39 is 0 Å². The minimum atomic E-state index is -0.102. The summed E-state index contributed by atoms with van der Waals surface area (Å²) in [6, 6.07) is 0. The normalized spacial score (nSPS) is 28.5. The summed E-state index contributed by atoms with van der Waals surface area (Å²) in [7, 11) is 3.55. The van der Waals surface area contributed by atoms with Crippen LogP contribution in [0.2, 0.25) is 0 Å². The van der Waals surface area contributed by atoms with Crippen LogP contribution in [0.3, 0.4) is 0 Å². The summed E-state index contributed by atoms with van der Waals surface area (Å²) in [4.78, 5) is 13.6. The Morgan fingerprint density at radius 3 is 3.23 bits per heavy atom. The average molecular weight is 308 g/mol. The summed E-state index contributed by atoms with van der Waals surface area (Å²) in [5.74, 6) is -0.0921. The Balaban J connectivity index is 1.48. The van der Waals surface area contributed by atoms with Crippen molar-refractivity contribution in [3.63, 3.8) is 0 Å². The number of likely N-dealkylation sites (N-methyl/N-ethyl adjacent to an activating group) is 1. The molecule has 3 rings (SSSR count). The minimum Gasteiger partial charge on any atom is -0.371 e. The molecule has 1 aromatic heterocycles. The minimum absolute atomic E-state index is 0.0237. The fourth-order valence-electron chi connectivity index (χ4n) is 3.33. The van der Waals surface area contributed by atoms with Gasteiger partial charge in [-0.3, -0.25) is 14.4 Å². The molecule has 0 radical (unpaired) electrons. The highest BCUT2D eigenvalue weighted by Gasteiger charge is 2.45. The van der Waals surface area contributed by atoms with E-state index in [1.54, 1.807) is 7.05 Å². The van der Waals surface area contributed by atoms with E-state index in [2.05, 4.69) is 21.5 Å². The number of carbonyl (C=O) groups is 1. The van der Waals surface area contributed by atoms with Crippen LogP contribution in [-0.2, 0) is 27.9 Å². The van der Waals surface area contributed by atoms with Gasteiger partial charge in [0.15, 0.2) is 0 Å². The standard InChI is InChI=1S/C15H24N4O3/c1-16-14(20)10-21-13-5-15(22-9-13)3-4-19(11-15)8-12-6-17-18(2)7-12/h6-7,13H,3-5,8-11H2,1-2H3,(H,16,20). The van der Waals surface area contributed by atoms with Crippen LogP contribution < -0.4 is 5.32 Å². The fraction of sp³-hybridized carbons (Fsp3) is 0.733. The van der Waals surface area contributed by atoms with Crippen LogP contribution in [-0.4, -0.2) is 65.6 Å². The van der Waals surface area contributed by atoms with Crippen LogP contribution in [0.25, 0.3) is 0 Å². The largest absolute Gasteiger partial charge is 0.371 e. The lowest BCUT2D eigenvalue weighted by Gasteiger charge is -2.23. The summed E-state index contributed by atoms with van der Waals surface area (Å²) in [6.45, 7) is 3.54. The molecular formula is C15H24N4O3. The highest BCUT2D eigenvalue weighted by Crippen LogP contribution is 2.36. The maximum absolute atomic E-state index is 11.2. The maximum atomic E-state index is 11.2. The summed E-state index contributed by atoms with van der Waals surface area (Å²) in [5.41, 5.74) is 1.13. The highest BCUT2D eigenvalue weighted by atomic mass is 16.6. The Hall–Kier alpha value is -1.44. The van der Waals surface area contributed by atoms with Crippen molar-refractivity contribution in [1.82, 2.24) is 20.0 Å². The number of aromatic nitrogens is 2. The van der Waals surface area contributed by atoms with E-state index in [0.717, 1.165) is 32.5 Å². The zero-order chi connectivity index (χ0) is 15.6. The number of likely N-dealkylation sites (tertiary alicyclic amines) is 1. The van der Waals surface area contributed by atoms with E-state index >= 15 is 0 Å². The summed E-state index contributed by atoms with van der Waals surface area (Å²) >= 11 is 0. The number of carbonyl (C=O) groups excluding carboxylic acids is 1. The first-order valence-corrected chi connectivity index (χ1v) is 7.75. The Morgan fingerprint density at radius 2 is 2.50 bits per heavy atom. The first-order chi connectivity index (χ1) is 10.6. The third-order valence-electron chi connectivity index (χ3n) is 4.46. The highest BCUT2D eigenvalue weighted by molar-refractivity contribution is 5.76. The van der Waals surface area contributed by atoms with Crippen molar-refractivity contribution in [3.8, 4) is 0 Å². The lowest BCUT2D eigenvalue weighted by molar-refractivity contribution is -0.127. The number of rotatable bonds is 5. The van der Waals surface area contributed by atoms with E-state index in [0.29, 0.717) is 6.61 Å². The Bertz CT molecular complexity index is 533. The van der Waals surface area contributed by atoms with E-state index in [-0.39, 0.29) is 24.2 Å². The summed E-state index contributed by atoms with van der Waals surface area (Å²) in [5, 5.41) is 6.77. The average Bonchev–Trinajstić information content (AvgIpc) is 3.20. The second-order valence-electron chi connectivity index (χ2n) is 6.29. The molecule has 0 aliphatic carbocycles. The fourth-order valence-corrected chi connectivity index (χ4v) is 3.33. The molecule has 2 fully saturated rings. The van der Waals surface area contributed by atoms with Gasteiger partial charge in [0.05, 0.1) is 24.5 Å². The zero-order valence-electron chi connectivity index (χ0n) is 13.2. The molecule has 7 nitrogen and oxygen atoms in total. The van der Waals surface area contributed by atoms with E-state index in [9.17, 15) is 4.79 Å². The quantitative estimate of drug-likeness (QED) is 0.824. The van der Waals surface area contributed by atoms with Crippen LogP contribution in [0.15, 0.2) is 12.4 Å². The molecule has 7 heteroatoms. The van der Waals surface area contributed by atoms with Gasteiger partial charge in [0.25, 0.3) is 0 Å². The molecule has 2 saturated heterocycles. The van der Waals surface area contributed by atoms with Crippen molar-refractivity contribution in [2.45, 2.75) is 31.1 Å². The smallest absolute Gasteiger partial charge is 0.245 e. The second-order valence-corrected chi connectivity index (χ2v) is 6.29. The maximum Gasteiger partial charge on any atom is 0.245 e. The topological polar surface area (TPSA) is 68.6 Å². The molecule has 2 atom stereocenters. The van der Waals surface area contributed by atoms with E-state index in [1.807, 2.05) is 17.9 Å². The predicted molar refractivity (Wildman–Crippen MR) is 80.2 cm³/mol. The molecule has 2 unspecified atom stereocenters. The number of aryl methyl sites for hydroxylation is 1. The number of hydrogen-bond donors (Lipinski definition) is 1. The van der Waals surface area contributed by atoms with E-state index in [1.165, 1.54) is 5.56 Å². The molecule has 1 N–H and O–H groups in total. The summed E-state index contributed by atoms with van der Waals surface area (Å²) < 4.78 is 13.5. The van der Waals surface area contributed by atoms with Gasteiger partial charge in [-0.1, -0.05) is 0 Å².